The SMILES string of the molecule is COc1c(-c2ccccc2C(F)(F)F)ccnc1C(F)(F)F. The lowest BCUT2D eigenvalue weighted by Crippen LogP contribution is -2.12. The van der Waals surface area contributed by atoms with Crippen LogP contribution in [-0.2, 0) is 12.4 Å². The Hall–Kier alpha value is -2.25. The fraction of sp³-hybridized carbons (Fsp3) is 0.214. The third-order valence-electron chi connectivity index (χ3n) is 2.90. The van der Waals surface area contributed by atoms with Crippen molar-refractivity contribution in [2.75, 3.05) is 7.11 Å². The van der Waals surface area contributed by atoms with Gasteiger partial charge in [-0.2, -0.15) is 26.3 Å². The summed E-state index contributed by atoms with van der Waals surface area (Å²) in [6.45, 7) is 0. The van der Waals surface area contributed by atoms with E-state index < -0.39 is 34.9 Å². The van der Waals surface area contributed by atoms with E-state index >= 15 is 0 Å². The van der Waals surface area contributed by atoms with Crippen LogP contribution in [0.2, 0.25) is 0 Å². The largest absolute Gasteiger partial charge is 0.494 e. The molecule has 8 heteroatoms. The van der Waals surface area contributed by atoms with Gasteiger partial charge in [0.1, 0.15) is 0 Å². The number of alkyl halides is 6. The van der Waals surface area contributed by atoms with E-state index in [2.05, 4.69) is 9.72 Å². The van der Waals surface area contributed by atoms with Crippen LogP contribution in [0.25, 0.3) is 11.1 Å². The van der Waals surface area contributed by atoms with Gasteiger partial charge in [-0.25, -0.2) is 4.98 Å². The number of rotatable bonds is 2. The predicted octanol–water partition coefficient (Wildman–Crippen LogP) is 4.79. The highest BCUT2D eigenvalue weighted by atomic mass is 19.4. The molecule has 2 aromatic rings. The first kappa shape index (κ1) is 16.1. The summed E-state index contributed by atoms with van der Waals surface area (Å²) in [7, 11) is 0.950. The van der Waals surface area contributed by atoms with Gasteiger partial charge in [-0.15, -0.1) is 0 Å². The van der Waals surface area contributed by atoms with Crippen molar-refractivity contribution in [2.24, 2.45) is 0 Å². The second-order valence-electron chi connectivity index (χ2n) is 4.28. The summed E-state index contributed by atoms with van der Waals surface area (Å²) in [5.41, 5.74) is -3.14. The van der Waals surface area contributed by atoms with Gasteiger partial charge in [-0.3, -0.25) is 0 Å². The lowest BCUT2D eigenvalue weighted by atomic mass is 9.98. The highest BCUT2D eigenvalue weighted by Gasteiger charge is 2.39. The highest BCUT2D eigenvalue weighted by Crippen LogP contribution is 2.44. The van der Waals surface area contributed by atoms with E-state index in [1.165, 1.54) is 6.07 Å². The van der Waals surface area contributed by atoms with E-state index in [0.717, 1.165) is 37.6 Å². The fourth-order valence-corrected chi connectivity index (χ4v) is 2.03. The Morgan fingerprint density at radius 1 is 0.864 bits per heavy atom. The number of nitrogens with zero attached hydrogens (tertiary/aromatic N) is 1. The van der Waals surface area contributed by atoms with Crippen molar-refractivity contribution < 1.29 is 31.1 Å². The molecule has 0 spiro atoms. The lowest BCUT2D eigenvalue weighted by molar-refractivity contribution is -0.142. The number of hydrogen-bond donors (Lipinski definition) is 0. The molecule has 0 aliphatic heterocycles. The molecule has 0 fully saturated rings. The van der Waals surface area contributed by atoms with Gasteiger partial charge in [0, 0.05) is 11.8 Å². The molecule has 0 unspecified atom stereocenters. The van der Waals surface area contributed by atoms with E-state index in [1.54, 1.807) is 0 Å². The van der Waals surface area contributed by atoms with Crippen molar-refractivity contribution in [2.45, 2.75) is 12.4 Å². The molecule has 2 rings (SSSR count). The monoisotopic (exact) mass is 321 g/mol. The molecule has 0 saturated heterocycles. The number of ether oxygens (including phenoxy) is 1. The molecular weight excluding hydrogens is 312 g/mol. The molecule has 0 aliphatic rings. The molecule has 0 amide bonds. The molecule has 1 heterocycles. The van der Waals surface area contributed by atoms with Crippen LogP contribution < -0.4 is 4.74 Å². The highest BCUT2D eigenvalue weighted by molar-refractivity contribution is 5.74. The maximum Gasteiger partial charge on any atom is 0.437 e. The number of pyridine rings is 1. The zero-order valence-corrected chi connectivity index (χ0v) is 11.1. The molecule has 22 heavy (non-hydrogen) atoms. The van der Waals surface area contributed by atoms with Crippen LogP contribution >= 0.6 is 0 Å². The summed E-state index contributed by atoms with van der Waals surface area (Å²) < 4.78 is 82.5. The predicted molar refractivity (Wildman–Crippen MR) is 66.2 cm³/mol. The molecular formula is C14H9F6NO. The van der Waals surface area contributed by atoms with Crippen molar-refractivity contribution in [3.8, 4) is 16.9 Å². The van der Waals surface area contributed by atoms with Crippen LogP contribution in [0.1, 0.15) is 11.3 Å². The van der Waals surface area contributed by atoms with Gasteiger partial charge in [-0.05, 0) is 17.7 Å². The van der Waals surface area contributed by atoms with Gasteiger partial charge in [0.25, 0.3) is 0 Å². The first-order valence-electron chi connectivity index (χ1n) is 5.93. The second-order valence-corrected chi connectivity index (χ2v) is 4.28. The summed E-state index contributed by atoms with van der Waals surface area (Å²) in [5, 5.41) is 0. The van der Waals surface area contributed by atoms with Crippen molar-refractivity contribution in [1.82, 2.24) is 4.98 Å². The minimum atomic E-state index is -4.84. The first-order valence-corrected chi connectivity index (χ1v) is 5.93. The van der Waals surface area contributed by atoms with E-state index in [4.69, 9.17) is 0 Å². The standard InChI is InChI=1S/C14H9F6NO/c1-22-11-9(6-7-21-12(11)14(18,19)20)8-4-2-3-5-10(8)13(15,16)17/h2-7H,1H3. The molecule has 118 valence electrons. The minimum absolute atomic E-state index is 0.322. The quantitative estimate of drug-likeness (QED) is 0.742. The Kier molecular flexibility index (Phi) is 4.04. The Labute approximate surface area is 121 Å². The zero-order valence-electron chi connectivity index (χ0n) is 11.1. The van der Waals surface area contributed by atoms with Crippen molar-refractivity contribution in [3.05, 3.63) is 47.8 Å². The average molecular weight is 321 g/mol. The summed E-state index contributed by atoms with van der Waals surface area (Å²) in [6.07, 6.45) is -8.74. The summed E-state index contributed by atoms with van der Waals surface area (Å²) >= 11 is 0. The van der Waals surface area contributed by atoms with Gasteiger partial charge in [0.2, 0.25) is 0 Å². The molecule has 1 aromatic carbocycles. The Balaban J connectivity index is 2.75. The van der Waals surface area contributed by atoms with Gasteiger partial charge < -0.3 is 4.74 Å². The third-order valence-corrected chi connectivity index (χ3v) is 2.90. The summed E-state index contributed by atoms with van der Waals surface area (Å²) in [4.78, 5) is 3.17. The van der Waals surface area contributed by atoms with E-state index in [1.807, 2.05) is 0 Å². The normalized spacial score (nSPS) is 12.3. The van der Waals surface area contributed by atoms with Crippen LogP contribution in [0.4, 0.5) is 26.3 Å². The maximum atomic E-state index is 13.0. The topological polar surface area (TPSA) is 22.1 Å². The summed E-state index contributed by atoms with van der Waals surface area (Å²) in [5.74, 6) is -0.744. The Morgan fingerprint density at radius 2 is 1.50 bits per heavy atom. The fourth-order valence-electron chi connectivity index (χ4n) is 2.03. The molecule has 0 bridgehead atoms. The average Bonchev–Trinajstić information content (AvgIpc) is 2.44. The zero-order chi connectivity index (χ0) is 16.5. The van der Waals surface area contributed by atoms with Crippen molar-refractivity contribution in [1.29, 1.82) is 0 Å². The number of methoxy groups -OCH3 is 1. The van der Waals surface area contributed by atoms with Crippen LogP contribution in [0.15, 0.2) is 36.5 Å². The van der Waals surface area contributed by atoms with Gasteiger partial charge >= 0.3 is 12.4 Å². The Bertz CT molecular complexity index is 678. The van der Waals surface area contributed by atoms with Crippen LogP contribution in [0.3, 0.4) is 0 Å². The van der Waals surface area contributed by atoms with Crippen LogP contribution in [0.5, 0.6) is 5.75 Å². The third kappa shape index (κ3) is 3.00. The number of hydrogen-bond acceptors (Lipinski definition) is 2. The smallest absolute Gasteiger partial charge is 0.437 e. The molecule has 0 aliphatic carbocycles. The molecule has 0 atom stereocenters. The molecule has 2 nitrogen and oxygen atoms in total. The number of benzene rings is 1. The van der Waals surface area contributed by atoms with Gasteiger partial charge in [-0.1, -0.05) is 18.2 Å². The maximum absolute atomic E-state index is 13.0. The molecule has 1 aromatic heterocycles. The Morgan fingerprint density at radius 3 is 2.05 bits per heavy atom. The first-order chi connectivity index (χ1) is 10.2. The summed E-state index contributed by atoms with van der Waals surface area (Å²) in [6, 6.07) is 5.39. The van der Waals surface area contributed by atoms with Gasteiger partial charge in [0.05, 0.1) is 12.7 Å². The van der Waals surface area contributed by atoms with Crippen molar-refractivity contribution >= 4 is 0 Å². The second kappa shape index (κ2) is 5.51. The van der Waals surface area contributed by atoms with Crippen LogP contribution in [0, 0.1) is 0 Å². The van der Waals surface area contributed by atoms with E-state index in [0.29, 0.717) is 0 Å². The van der Waals surface area contributed by atoms with Crippen LogP contribution in [-0.4, -0.2) is 12.1 Å². The number of aromatic nitrogens is 1. The number of halogens is 6. The minimum Gasteiger partial charge on any atom is -0.494 e. The van der Waals surface area contributed by atoms with Gasteiger partial charge in [0.15, 0.2) is 11.4 Å². The molecule has 0 N–H and O–H groups in total. The molecule has 0 radical (unpaired) electrons. The lowest BCUT2D eigenvalue weighted by Gasteiger charge is -2.17. The molecule has 0 saturated carbocycles. The van der Waals surface area contributed by atoms with E-state index in [-0.39, 0.29) is 5.56 Å². The van der Waals surface area contributed by atoms with E-state index in [9.17, 15) is 26.3 Å². The van der Waals surface area contributed by atoms with Crippen molar-refractivity contribution in [3.63, 3.8) is 0 Å².